The Morgan fingerprint density at radius 2 is 1.75 bits per heavy atom. The zero-order chi connectivity index (χ0) is 16.9. The summed E-state index contributed by atoms with van der Waals surface area (Å²) >= 11 is 6.13. The fourth-order valence-corrected chi connectivity index (χ4v) is 2.81. The van der Waals surface area contributed by atoms with Crippen molar-refractivity contribution in [2.75, 3.05) is 13.7 Å². The van der Waals surface area contributed by atoms with Crippen molar-refractivity contribution in [1.29, 1.82) is 0 Å². The number of hydrogen-bond acceptors (Lipinski definition) is 3. The molecule has 0 aliphatic heterocycles. The summed E-state index contributed by atoms with van der Waals surface area (Å²) in [6, 6.07) is 15.4. The second-order valence-electron chi connectivity index (χ2n) is 6.33. The molecule has 0 aromatic heterocycles. The molecule has 2 rings (SSSR count). The molecule has 0 heterocycles. The van der Waals surface area contributed by atoms with Gasteiger partial charge < -0.3 is 15.2 Å². The fraction of sp³-hybridized carbons (Fsp3) is 0.368. The molecule has 2 aromatic rings. The molecule has 132 valence electrons. The molecule has 0 fully saturated rings. The van der Waals surface area contributed by atoms with Crippen molar-refractivity contribution in [2.24, 2.45) is 0 Å². The van der Waals surface area contributed by atoms with Crippen molar-refractivity contribution in [3.8, 4) is 5.75 Å². The molecule has 0 saturated heterocycles. The maximum absolute atomic E-state index is 10.3. The SMILES string of the molecule is COc1ccc(CC(C)(C)NCC(O)c2ccccc2Cl)cc1.Cl. The Labute approximate surface area is 155 Å². The molecule has 24 heavy (non-hydrogen) atoms. The lowest BCUT2D eigenvalue weighted by Crippen LogP contribution is -2.43. The third-order valence-corrected chi connectivity index (χ3v) is 4.19. The first-order valence-corrected chi connectivity index (χ1v) is 8.09. The molecule has 2 aromatic carbocycles. The van der Waals surface area contributed by atoms with Crippen molar-refractivity contribution in [1.82, 2.24) is 5.32 Å². The van der Waals surface area contributed by atoms with Gasteiger partial charge in [0, 0.05) is 22.7 Å². The molecule has 1 atom stereocenters. The van der Waals surface area contributed by atoms with Crippen LogP contribution in [0.25, 0.3) is 0 Å². The van der Waals surface area contributed by atoms with Gasteiger partial charge in [-0.15, -0.1) is 12.4 Å². The summed E-state index contributed by atoms with van der Waals surface area (Å²) in [6.07, 6.45) is 0.227. The van der Waals surface area contributed by atoms with Crippen LogP contribution in [0.5, 0.6) is 5.75 Å². The number of aliphatic hydroxyl groups is 1. The Bertz CT molecular complexity index is 630. The van der Waals surface area contributed by atoms with Crippen molar-refractivity contribution in [2.45, 2.75) is 31.9 Å². The lowest BCUT2D eigenvalue weighted by atomic mass is 9.94. The summed E-state index contributed by atoms with van der Waals surface area (Å²) in [7, 11) is 1.66. The standard InChI is InChI=1S/C19H24ClNO2.ClH/c1-19(2,12-14-8-10-15(23-3)11-9-14)21-13-18(22)16-6-4-5-7-17(16)20;/h4-11,18,21-22H,12-13H2,1-3H3;1H. The van der Waals surface area contributed by atoms with Gasteiger partial charge in [-0.3, -0.25) is 0 Å². The molecule has 2 N–H and O–H groups in total. The van der Waals surface area contributed by atoms with Crippen molar-refractivity contribution < 1.29 is 9.84 Å². The van der Waals surface area contributed by atoms with E-state index in [2.05, 4.69) is 31.3 Å². The van der Waals surface area contributed by atoms with Gasteiger partial charge in [0.25, 0.3) is 0 Å². The van der Waals surface area contributed by atoms with Gasteiger partial charge in [0.2, 0.25) is 0 Å². The van der Waals surface area contributed by atoms with E-state index >= 15 is 0 Å². The average molecular weight is 370 g/mol. The van der Waals surface area contributed by atoms with E-state index in [-0.39, 0.29) is 17.9 Å². The number of hydrogen-bond donors (Lipinski definition) is 2. The molecule has 0 aliphatic rings. The van der Waals surface area contributed by atoms with Crippen LogP contribution in [-0.4, -0.2) is 24.3 Å². The first-order chi connectivity index (χ1) is 10.9. The Morgan fingerprint density at radius 1 is 1.12 bits per heavy atom. The Balaban J connectivity index is 0.00000288. The van der Waals surface area contributed by atoms with Crippen molar-refractivity contribution in [3.05, 3.63) is 64.7 Å². The topological polar surface area (TPSA) is 41.5 Å². The first-order valence-electron chi connectivity index (χ1n) is 7.72. The van der Waals surface area contributed by atoms with Crippen LogP contribution in [0, 0.1) is 0 Å². The van der Waals surface area contributed by atoms with E-state index < -0.39 is 6.10 Å². The van der Waals surface area contributed by atoms with E-state index in [4.69, 9.17) is 16.3 Å². The quantitative estimate of drug-likeness (QED) is 0.758. The molecule has 3 nitrogen and oxygen atoms in total. The predicted octanol–water partition coefficient (Wildman–Crippen LogP) is 4.41. The Morgan fingerprint density at radius 3 is 2.33 bits per heavy atom. The van der Waals surface area contributed by atoms with Crippen LogP contribution in [0.4, 0.5) is 0 Å². The van der Waals surface area contributed by atoms with Crippen LogP contribution in [-0.2, 0) is 6.42 Å². The predicted molar refractivity (Wildman–Crippen MR) is 102 cm³/mol. The second-order valence-corrected chi connectivity index (χ2v) is 6.73. The van der Waals surface area contributed by atoms with E-state index in [1.165, 1.54) is 5.56 Å². The smallest absolute Gasteiger partial charge is 0.118 e. The number of rotatable bonds is 7. The fourth-order valence-electron chi connectivity index (χ4n) is 2.54. The molecule has 0 radical (unpaired) electrons. The third kappa shape index (κ3) is 5.99. The van der Waals surface area contributed by atoms with Gasteiger partial charge >= 0.3 is 0 Å². The van der Waals surface area contributed by atoms with Gasteiger partial charge in [-0.1, -0.05) is 41.9 Å². The molecule has 1 unspecified atom stereocenters. The number of methoxy groups -OCH3 is 1. The minimum absolute atomic E-state index is 0. The number of halogens is 2. The molecular formula is C19H25Cl2NO2. The number of ether oxygens (including phenoxy) is 1. The van der Waals surface area contributed by atoms with Gasteiger partial charge in [0.05, 0.1) is 13.2 Å². The third-order valence-electron chi connectivity index (χ3n) is 3.84. The van der Waals surface area contributed by atoms with Gasteiger partial charge in [0.1, 0.15) is 5.75 Å². The molecule has 0 amide bonds. The van der Waals surface area contributed by atoms with Gasteiger partial charge in [-0.05, 0) is 44.0 Å². The van der Waals surface area contributed by atoms with E-state index in [1.807, 2.05) is 30.3 Å². The largest absolute Gasteiger partial charge is 0.497 e. The van der Waals surface area contributed by atoms with Gasteiger partial charge in [0.15, 0.2) is 0 Å². The molecule has 0 aliphatic carbocycles. The summed E-state index contributed by atoms with van der Waals surface area (Å²) in [5.74, 6) is 0.855. The van der Waals surface area contributed by atoms with Crippen LogP contribution in [0.1, 0.15) is 31.1 Å². The van der Waals surface area contributed by atoms with Gasteiger partial charge in [-0.2, -0.15) is 0 Å². The molecule has 0 saturated carbocycles. The van der Waals surface area contributed by atoms with Crippen LogP contribution in [0.3, 0.4) is 0 Å². The van der Waals surface area contributed by atoms with E-state index in [0.717, 1.165) is 17.7 Å². The van der Waals surface area contributed by atoms with Crippen LogP contribution in [0.2, 0.25) is 5.02 Å². The number of nitrogens with one attached hydrogen (secondary N) is 1. The van der Waals surface area contributed by atoms with Crippen LogP contribution in [0.15, 0.2) is 48.5 Å². The molecule has 0 bridgehead atoms. The van der Waals surface area contributed by atoms with E-state index in [0.29, 0.717) is 11.6 Å². The molecule has 0 spiro atoms. The monoisotopic (exact) mass is 369 g/mol. The first kappa shape index (κ1) is 20.8. The maximum atomic E-state index is 10.3. The van der Waals surface area contributed by atoms with E-state index in [9.17, 15) is 5.11 Å². The normalized spacial score (nSPS) is 12.4. The maximum Gasteiger partial charge on any atom is 0.118 e. The summed E-state index contributed by atoms with van der Waals surface area (Å²) < 4.78 is 5.18. The Kier molecular flexibility index (Phi) is 8.04. The highest BCUT2D eigenvalue weighted by Gasteiger charge is 2.20. The highest BCUT2D eigenvalue weighted by molar-refractivity contribution is 6.31. The highest BCUT2D eigenvalue weighted by atomic mass is 35.5. The zero-order valence-electron chi connectivity index (χ0n) is 14.3. The minimum Gasteiger partial charge on any atom is -0.497 e. The lowest BCUT2D eigenvalue weighted by Gasteiger charge is -2.28. The van der Waals surface area contributed by atoms with Crippen LogP contribution >= 0.6 is 24.0 Å². The van der Waals surface area contributed by atoms with Crippen LogP contribution < -0.4 is 10.1 Å². The van der Waals surface area contributed by atoms with Crippen molar-refractivity contribution in [3.63, 3.8) is 0 Å². The summed E-state index contributed by atoms with van der Waals surface area (Å²) in [5, 5.41) is 14.3. The Hall–Kier alpha value is -1.26. The highest BCUT2D eigenvalue weighted by Crippen LogP contribution is 2.23. The number of β-amino-alcohol motifs (C(OH)–C–C–N with tert-alkyl or cyclic N) is 1. The summed E-state index contributed by atoms with van der Waals surface area (Å²) in [5.41, 5.74) is 1.83. The number of aliphatic hydroxyl groups excluding tert-OH is 1. The van der Waals surface area contributed by atoms with Gasteiger partial charge in [-0.25, -0.2) is 0 Å². The molecular weight excluding hydrogens is 345 g/mol. The average Bonchev–Trinajstić information content (AvgIpc) is 2.53. The van der Waals surface area contributed by atoms with E-state index in [1.54, 1.807) is 13.2 Å². The summed E-state index contributed by atoms with van der Waals surface area (Å²) in [4.78, 5) is 0. The number of benzene rings is 2. The van der Waals surface area contributed by atoms with Crippen molar-refractivity contribution >= 4 is 24.0 Å². The minimum atomic E-state index is -0.626. The second kappa shape index (κ2) is 9.28. The molecule has 5 heteroatoms. The summed E-state index contributed by atoms with van der Waals surface area (Å²) in [6.45, 7) is 4.69. The zero-order valence-corrected chi connectivity index (χ0v) is 15.8. The lowest BCUT2D eigenvalue weighted by molar-refractivity contribution is 0.161.